The Bertz CT molecular complexity index is 1280. The molecule has 5 rings (SSSR count). The minimum Gasteiger partial charge on any atom is -0.402 e. The van der Waals surface area contributed by atoms with Crippen molar-refractivity contribution < 1.29 is 17.6 Å². The first-order valence-electron chi connectivity index (χ1n) is 10.9. The molecule has 3 aromatic rings. The van der Waals surface area contributed by atoms with Crippen LogP contribution in [-0.2, 0) is 10.0 Å². The highest BCUT2D eigenvalue weighted by molar-refractivity contribution is 7.89. The summed E-state index contributed by atoms with van der Waals surface area (Å²) in [6.07, 6.45) is 2.78. The Labute approximate surface area is 197 Å². The van der Waals surface area contributed by atoms with Crippen molar-refractivity contribution in [3.05, 3.63) is 47.3 Å². The van der Waals surface area contributed by atoms with Crippen molar-refractivity contribution >= 4 is 33.3 Å². The van der Waals surface area contributed by atoms with Crippen LogP contribution in [0.25, 0.3) is 10.8 Å². The minimum atomic E-state index is -3.64. The van der Waals surface area contributed by atoms with Crippen LogP contribution in [0, 0.1) is 10.8 Å². The van der Waals surface area contributed by atoms with Crippen LogP contribution in [0.15, 0.2) is 51.1 Å². The molecule has 0 spiro atoms. The molecule has 174 valence electrons. The number of sulfonamides is 1. The summed E-state index contributed by atoms with van der Waals surface area (Å²) in [6.45, 7) is 7.15. The molecular weight excluding hydrogens is 460 g/mol. The molecule has 0 radical (unpaired) electrons. The third kappa shape index (κ3) is 4.22. The number of benzene rings is 1. The lowest BCUT2D eigenvalue weighted by atomic mass is 9.65. The molecule has 10 heteroatoms. The first kappa shape index (κ1) is 22.2. The van der Waals surface area contributed by atoms with Gasteiger partial charge in [0, 0.05) is 18.2 Å². The van der Waals surface area contributed by atoms with Crippen molar-refractivity contribution in [2.24, 2.45) is 10.8 Å². The summed E-state index contributed by atoms with van der Waals surface area (Å²) in [5, 5.41) is 12.2. The summed E-state index contributed by atoms with van der Waals surface area (Å²) in [4.78, 5) is 13.6. The van der Waals surface area contributed by atoms with Crippen molar-refractivity contribution in [2.45, 2.75) is 51.0 Å². The lowest BCUT2D eigenvalue weighted by Crippen LogP contribution is -2.37. The second-order valence-corrected chi connectivity index (χ2v) is 13.0. The first-order valence-corrected chi connectivity index (χ1v) is 13.2. The topological polar surface area (TPSA) is 105 Å². The average molecular weight is 487 g/mol. The summed E-state index contributed by atoms with van der Waals surface area (Å²) in [5.41, 5.74) is 0.436. The van der Waals surface area contributed by atoms with E-state index < -0.39 is 15.9 Å². The molecule has 8 nitrogen and oxygen atoms in total. The number of nitrogens with zero attached hydrogens (tertiary/aromatic N) is 3. The molecule has 1 aliphatic carbocycles. The third-order valence-corrected chi connectivity index (χ3v) is 9.24. The lowest BCUT2D eigenvalue weighted by molar-refractivity contribution is 0.102. The zero-order valence-corrected chi connectivity index (χ0v) is 20.4. The number of rotatable bonds is 5. The average Bonchev–Trinajstić information content (AvgIpc) is 3.46. The fraction of sp³-hybridized carbons (Fsp3) is 0.435. The summed E-state index contributed by atoms with van der Waals surface area (Å²) in [6, 6.07) is 9.71. The number of anilines is 1. The third-order valence-electron chi connectivity index (χ3n) is 6.47. The number of carbonyl (C=O) groups excluding carboxylic acids is 1. The summed E-state index contributed by atoms with van der Waals surface area (Å²) >= 11 is 1.45. The van der Waals surface area contributed by atoms with Gasteiger partial charge in [-0.3, -0.25) is 10.1 Å². The fourth-order valence-electron chi connectivity index (χ4n) is 5.55. The van der Waals surface area contributed by atoms with Gasteiger partial charge in [0.05, 0.1) is 9.77 Å². The SMILES string of the molecule is CC1(C)CC2CC(C)(CN2S(=O)(=O)c2ccc(C(=O)Nc3nnc(-c4cccs4)o3)cc2)C1. The van der Waals surface area contributed by atoms with Crippen molar-refractivity contribution in [2.75, 3.05) is 11.9 Å². The molecule has 2 bridgehead atoms. The van der Waals surface area contributed by atoms with Gasteiger partial charge in [0.25, 0.3) is 11.8 Å². The monoisotopic (exact) mass is 486 g/mol. The van der Waals surface area contributed by atoms with Crippen LogP contribution < -0.4 is 5.32 Å². The van der Waals surface area contributed by atoms with Crippen LogP contribution in [-0.4, -0.2) is 41.4 Å². The number of fused-ring (bicyclic) bond motifs is 2. The Balaban J connectivity index is 1.31. The molecule has 1 aromatic carbocycles. The summed E-state index contributed by atoms with van der Waals surface area (Å²) < 4.78 is 34.0. The van der Waals surface area contributed by atoms with Gasteiger partial charge in [-0.1, -0.05) is 31.9 Å². The van der Waals surface area contributed by atoms with Crippen molar-refractivity contribution in [1.82, 2.24) is 14.5 Å². The van der Waals surface area contributed by atoms with Gasteiger partial charge in [0.1, 0.15) is 0 Å². The van der Waals surface area contributed by atoms with Crippen molar-refractivity contribution in [1.29, 1.82) is 0 Å². The number of thiophene rings is 1. The summed E-state index contributed by atoms with van der Waals surface area (Å²) in [7, 11) is -3.64. The van der Waals surface area contributed by atoms with E-state index >= 15 is 0 Å². The largest absolute Gasteiger partial charge is 0.402 e. The lowest BCUT2D eigenvalue weighted by Gasteiger charge is -2.39. The normalized spacial score (nSPS) is 24.6. The van der Waals surface area contributed by atoms with Gasteiger partial charge in [-0.15, -0.1) is 16.4 Å². The van der Waals surface area contributed by atoms with Gasteiger partial charge in [0.15, 0.2) is 0 Å². The van der Waals surface area contributed by atoms with Gasteiger partial charge in [-0.2, -0.15) is 4.31 Å². The smallest absolute Gasteiger partial charge is 0.322 e. The highest BCUT2D eigenvalue weighted by Gasteiger charge is 2.53. The van der Waals surface area contributed by atoms with Gasteiger partial charge in [-0.05, 0) is 65.8 Å². The molecule has 2 aromatic heterocycles. The molecule has 1 saturated carbocycles. The molecule has 3 heterocycles. The molecule has 2 unspecified atom stereocenters. The minimum absolute atomic E-state index is 0.00531. The Hall–Kier alpha value is -2.56. The van der Waals surface area contributed by atoms with Crippen LogP contribution in [0.2, 0.25) is 0 Å². The number of hydrogen-bond acceptors (Lipinski definition) is 7. The molecule has 2 atom stereocenters. The molecule has 33 heavy (non-hydrogen) atoms. The van der Waals surface area contributed by atoms with Crippen LogP contribution in [0.5, 0.6) is 0 Å². The van der Waals surface area contributed by atoms with E-state index in [2.05, 4.69) is 36.3 Å². The molecule has 2 fully saturated rings. The van der Waals surface area contributed by atoms with Crippen molar-refractivity contribution in [3.8, 4) is 10.8 Å². The Morgan fingerprint density at radius 1 is 1.15 bits per heavy atom. The maximum atomic E-state index is 13.4. The second kappa shape index (κ2) is 7.75. The maximum Gasteiger partial charge on any atom is 0.322 e. The van der Waals surface area contributed by atoms with E-state index in [-0.39, 0.29) is 27.8 Å². The molecule has 2 aliphatic rings. The molecule has 1 saturated heterocycles. The number of carbonyl (C=O) groups is 1. The van der Waals surface area contributed by atoms with E-state index in [1.807, 2.05) is 17.5 Å². The van der Waals surface area contributed by atoms with Gasteiger partial charge >= 0.3 is 6.01 Å². The quantitative estimate of drug-likeness (QED) is 0.563. The maximum absolute atomic E-state index is 13.4. The summed E-state index contributed by atoms with van der Waals surface area (Å²) in [5.74, 6) is -0.124. The number of aromatic nitrogens is 2. The second-order valence-electron chi connectivity index (χ2n) is 10.1. The van der Waals surface area contributed by atoms with Crippen LogP contribution in [0.3, 0.4) is 0 Å². The number of nitrogens with one attached hydrogen (secondary N) is 1. The van der Waals surface area contributed by atoms with E-state index in [1.165, 1.54) is 35.6 Å². The molecule has 1 amide bonds. The van der Waals surface area contributed by atoms with Gasteiger partial charge in [-0.25, -0.2) is 8.42 Å². The number of hydrogen-bond donors (Lipinski definition) is 1. The zero-order chi connectivity index (χ0) is 23.4. The standard InChI is InChI=1S/C23H26N4O4S2/c1-22(2)11-16-12-23(3,13-22)14-27(16)33(29,30)17-8-6-15(7-9-17)19(28)24-21-26-25-20(31-21)18-5-4-10-32-18/h4-10,16H,11-14H2,1-3H3,(H,24,26,28). The van der Waals surface area contributed by atoms with Crippen LogP contribution >= 0.6 is 11.3 Å². The molecular formula is C23H26N4O4S2. The van der Waals surface area contributed by atoms with E-state index in [0.29, 0.717) is 18.0 Å². The predicted octanol–water partition coefficient (Wildman–Crippen LogP) is 4.64. The van der Waals surface area contributed by atoms with E-state index in [4.69, 9.17) is 4.42 Å². The van der Waals surface area contributed by atoms with Crippen LogP contribution in [0.1, 0.15) is 50.4 Å². The van der Waals surface area contributed by atoms with Crippen LogP contribution in [0.4, 0.5) is 6.01 Å². The highest BCUT2D eigenvalue weighted by atomic mass is 32.2. The highest BCUT2D eigenvalue weighted by Crippen LogP contribution is 2.53. The van der Waals surface area contributed by atoms with E-state index in [1.54, 1.807) is 4.31 Å². The van der Waals surface area contributed by atoms with Gasteiger partial charge in [0.2, 0.25) is 10.0 Å². The Morgan fingerprint density at radius 2 is 1.91 bits per heavy atom. The first-order chi connectivity index (χ1) is 15.5. The molecule has 1 aliphatic heterocycles. The Morgan fingerprint density at radius 3 is 2.61 bits per heavy atom. The van der Waals surface area contributed by atoms with E-state index in [9.17, 15) is 13.2 Å². The van der Waals surface area contributed by atoms with Crippen molar-refractivity contribution in [3.63, 3.8) is 0 Å². The van der Waals surface area contributed by atoms with E-state index in [0.717, 1.165) is 24.1 Å². The van der Waals surface area contributed by atoms with Gasteiger partial charge < -0.3 is 4.42 Å². The fourth-order valence-corrected chi connectivity index (χ4v) is 7.96. The molecule has 1 N–H and O–H groups in total. The zero-order valence-electron chi connectivity index (χ0n) is 18.7. The number of amides is 1. The Kier molecular flexibility index (Phi) is 5.22. The predicted molar refractivity (Wildman–Crippen MR) is 125 cm³/mol.